The molecule has 0 bridgehead atoms. The first-order valence-electron chi connectivity index (χ1n) is 6.93. The molecule has 0 unspecified atom stereocenters. The quantitative estimate of drug-likeness (QED) is 0.824. The molecule has 0 saturated heterocycles. The van der Waals surface area contributed by atoms with Crippen molar-refractivity contribution in [3.8, 4) is 0 Å². The molecule has 0 saturated carbocycles. The van der Waals surface area contributed by atoms with Gasteiger partial charge in [0.25, 0.3) is 0 Å². The third-order valence-electron chi connectivity index (χ3n) is 3.08. The average Bonchev–Trinajstić information content (AvgIpc) is 2.50. The van der Waals surface area contributed by atoms with Gasteiger partial charge in [-0.25, -0.2) is 9.97 Å². The topological polar surface area (TPSA) is 71.0 Å². The molecule has 22 heavy (non-hydrogen) atoms. The minimum atomic E-state index is -0.0247. The molecule has 0 atom stereocenters. The SMILES string of the molecule is Cc1nc(Cl)cc(NCC(=O)N(C)CCc2ccccn2)n1. The maximum Gasteiger partial charge on any atom is 0.241 e. The normalized spacial score (nSPS) is 10.3. The van der Waals surface area contributed by atoms with Crippen LogP contribution < -0.4 is 5.32 Å². The highest BCUT2D eigenvalue weighted by Gasteiger charge is 2.09. The summed E-state index contributed by atoms with van der Waals surface area (Å²) in [6, 6.07) is 7.35. The molecular formula is C15H18ClN5O. The standard InChI is InChI=1S/C15H18ClN5O/c1-11-19-13(16)9-14(20-11)18-10-15(22)21(2)8-6-12-5-3-4-7-17-12/h3-5,7,9H,6,8,10H2,1-2H3,(H,18,19,20). The zero-order chi connectivity index (χ0) is 15.9. The molecule has 0 aliphatic rings. The van der Waals surface area contributed by atoms with Gasteiger partial charge in [-0.15, -0.1) is 0 Å². The van der Waals surface area contributed by atoms with Crippen LogP contribution >= 0.6 is 11.6 Å². The number of carbonyl (C=O) groups excluding carboxylic acids is 1. The third kappa shape index (κ3) is 4.96. The Morgan fingerprint density at radius 1 is 1.36 bits per heavy atom. The number of rotatable bonds is 6. The van der Waals surface area contributed by atoms with E-state index in [2.05, 4.69) is 20.3 Å². The van der Waals surface area contributed by atoms with Crippen molar-refractivity contribution in [1.82, 2.24) is 19.9 Å². The van der Waals surface area contributed by atoms with Gasteiger partial charge in [-0.1, -0.05) is 17.7 Å². The Kier molecular flexibility index (Phi) is 5.66. The largest absolute Gasteiger partial charge is 0.361 e. The van der Waals surface area contributed by atoms with Crippen LogP contribution in [0, 0.1) is 6.92 Å². The lowest BCUT2D eigenvalue weighted by Crippen LogP contribution is -2.34. The smallest absolute Gasteiger partial charge is 0.241 e. The number of aryl methyl sites for hydroxylation is 1. The maximum atomic E-state index is 12.1. The number of halogens is 1. The van der Waals surface area contributed by atoms with Crippen molar-refractivity contribution < 1.29 is 4.79 Å². The Morgan fingerprint density at radius 2 is 2.18 bits per heavy atom. The first-order chi connectivity index (χ1) is 10.5. The Hall–Kier alpha value is -2.21. The number of anilines is 1. The van der Waals surface area contributed by atoms with Crippen LogP contribution in [0.5, 0.6) is 0 Å². The second-order valence-electron chi connectivity index (χ2n) is 4.86. The van der Waals surface area contributed by atoms with Gasteiger partial charge in [0.2, 0.25) is 5.91 Å². The van der Waals surface area contributed by atoms with Crippen LogP contribution in [0.3, 0.4) is 0 Å². The van der Waals surface area contributed by atoms with Crippen LogP contribution in [0.25, 0.3) is 0 Å². The fourth-order valence-corrected chi connectivity index (χ4v) is 2.10. The van der Waals surface area contributed by atoms with E-state index in [1.54, 1.807) is 31.1 Å². The van der Waals surface area contributed by atoms with Crippen LogP contribution in [0.2, 0.25) is 5.15 Å². The monoisotopic (exact) mass is 319 g/mol. The second-order valence-corrected chi connectivity index (χ2v) is 5.25. The van der Waals surface area contributed by atoms with Crippen LogP contribution in [0.4, 0.5) is 5.82 Å². The molecule has 1 amide bonds. The van der Waals surface area contributed by atoms with Gasteiger partial charge in [-0.3, -0.25) is 9.78 Å². The molecule has 7 heteroatoms. The van der Waals surface area contributed by atoms with Crippen LogP contribution in [-0.2, 0) is 11.2 Å². The second kappa shape index (κ2) is 7.70. The number of nitrogens with one attached hydrogen (secondary N) is 1. The number of aromatic nitrogens is 3. The number of pyridine rings is 1. The summed E-state index contributed by atoms with van der Waals surface area (Å²) in [6.07, 6.45) is 2.47. The van der Waals surface area contributed by atoms with Gasteiger partial charge in [-0.05, 0) is 19.1 Å². The predicted octanol–water partition coefficient (Wildman–Crippen LogP) is 1.95. The van der Waals surface area contributed by atoms with Crippen molar-refractivity contribution in [2.75, 3.05) is 25.5 Å². The average molecular weight is 320 g/mol. The molecule has 116 valence electrons. The zero-order valence-corrected chi connectivity index (χ0v) is 13.3. The summed E-state index contributed by atoms with van der Waals surface area (Å²) in [5.74, 6) is 1.08. The van der Waals surface area contributed by atoms with E-state index in [0.717, 1.165) is 12.1 Å². The zero-order valence-electron chi connectivity index (χ0n) is 12.6. The van der Waals surface area contributed by atoms with Crippen molar-refractivity contribution in [1.29, 1.82) is 0 Å². The molecule has 0 aliphatic heterocycles. The highest BCUT2D eigenvalue weighted by atomic mass is 35.5. The number of amides is 1. The number of nitrogens with zero attached hydrogens (tertiary/aromatic N) is 4. The van der Waals surface area contributed by atoms with Crippen molar-refractivity contribution in [2.45, 2.75) is 13.3 Å². The lowest BCUT2D eigenvalue weighted by atomic mass is 10.2. The molecule has 2 heterocycles. The van der Waals surface area contributed by atoms with E-state index in [-0.39, 0.29) is 12.5 Å². The fourth-order valence-electron chi connectivity index (χ4n) is 1.88. The highest BCUT2D eigenvalue weighted by Crippen LogP contribution is 2.10. The van der Waals surface area contributed by atoms with Crippen LogP contribution in [0.15, 0.2) is 30.5 Å². The molecule has 2 aromatic rings. The first-order valence-corrected chi connectivity index (χ1v) is 7.31. The third-order valence-corrected chi connectivity index (χ3v) is 3.28. The minimum Gasteiger partial charge on any atom is -0.361 e. The summed E-state index contributed by atoms with van der Waals surface area (Å²) in [7, 11) is 1.77. The number of hydrogen-bond donors (Lipinski definition) is 1. The van der Waals surface area contributed by atoms with E-state index >= 15 is 0 Å². The van der Waals surface area contributed by atoms with Crippen LogP contribution in [-0.4, -0.2) is 45.9 Å². The van der Waals surface area contributed by atoms with Gasteiger partial charge in [0.05, 0.1) is 6.54 Å². The summed E-state index contributed by atoms with van der Waals surface area (Å²) < 4.78 is 0. The summed E-state index contributed by atoms with van der Waals surface area (Å²) in [5.41, 5.74) is 0.966. The summed E-state index contributed by atoms with van der Waals surface area (Å²) in [4.78, 5) is 26.1. The van der Waals surface area contributed by atoms with Crippen molar-refractivity contribution >= 4 is 23.3 Å². The molecule has 1 N–H and O–H groups in total. The number of hydrogen-bond acceptors (Lipinski definition) is 5. The van der Waals surface area contributed by atoms with E-state index in [1.165, 1.54) is 0 Å². The van der Waals surface area contributed by atoms with Gasteiger partial charge in [0, 0.05) is 38.0 Å². The molecule has 0 aromatic carbocycles. The molecule has 0 spiro atoms. The van der Waals surface area contributed by atoms with Gasteiger partial charge in [0.1, 0.15) is 16.8 Å². The van der Waals surface area contributed by atoms with E-state index in [0.29, 0.717) is 23.3 Å². The molecular weight excluding hydrogens is 302 g/mol. The Balaban J connectivity index is 1.81. The number of carbonyl (C=O) groups is 1. The van der Waals surface area contributed by atoms with Crippen molar-refractivity contribution in [2.24, 2.45) is 0 Å². The fraction of sp³-hybridized carbons (Fsp3) is 0.333. The van der Waals surface area contributed by atoms with E-state index in [4.69, 9.17) is 11.6 Å². The van der Waals surface area contributed by atoms with Gasteiger partial charge >= 0.3 is 0 Å². The summed E-state index contributed by atoms with van der Waals surface area (Å²) >= 11 is 5.85. The van der Waals surface area contributed by atoms with E-state index < -0.39 is 0 Å². The van der Waals surface area contributed by atoms with Crippen LogP contribution in [0.1, 0.15) is 11.5 Å². The van der Waals surface area contributed by atoms with E-state index in [1.807, 2.05) is 18.2 Å². The van der Waals surface area contributed by atoms with Gasteiger partial charge in [-0.2, -0.15) is 0 Å². The van der Waals surface area contributed by atoms with Crippen molar-refractivity contribution in [3.63, 3.8) is 0 Å². The predicted molar refractivity (Wildman–Crippen MR) is 85.8 cm³/mol. The van der Waals surface area contributed by atoms with Gasteiger partial charge in [0.15, 0.2) is 0 Å². The molecule has 6 nitrogen and oxygen atoms in total. The van der Waals surface area contributed by atoms with E-state index in [9.17, 15) is 4.79 Å². The van der Waals surface area contributed by atoms with Gasteiger partial charge < -0.3 is 10.2 Å². The lowest BCUT2D eigenvalue weighted by Gasteiger charge is -2.17. The lowest BCUT2D eigenvalue weighted by molar-refractivity contribution is -0.128. The Bertz CT molecular complexity index is 615. The first kappa shape index (κ1) is 16.2. The highest BCUT2D eigenvalue weighted by molar-refractivity contribution is 6.29. The summed E-state index contributed by atoms with van der Waals surface area (Å²) in [6.45, 7) is 2.52. The minimum absolute atomic E-state index is 0.0247. The van der Waals surface area contributed by atoms with Crippen molar-refractivity contribution in [3.05, 3.63) is 47.1 Å². The maximum absolute atomic E-state index is 12.1. The molecule has 0 fully saturated rings. The Labute approximate surface area is 134 Å². The molecule has 0 aliphatic carbocycles. The summed E-state index contributed by atoms with van der Waals surface area (Å²) in [5, 5.41) is 3.32. The molecule has 0 radical (unpaired) electrons. The number of likely N-dealkylation sites (N-methyl/N-ethyl adjacent to an activating group) is 1. The molecule has 2 aromatic heterocycles. The Morgan fingerprint density at radius 3 is 2.86 bits per heavy atom. The molecule has 2 rings (SSSR count).